The quantitative estimate of drug-likeness (QED) is 0.476. The summed E-state index contributed by atoms with van der Waals surface area (Å²) in [5, 5.41) is 10.6. The minimum atomic E-state index is 0.0126. The number of benzene rings is 2. The van der Waals surface area contributed by atoms with Gasteiger partial charge in [0.1, 0.15) is 5.52 Å². The molecule has 2 aliphatic heterocycles. The summed E-state index contributed by atoms with van der Waals surface area (Å²) in [7, 11) is 0. The Balaban J connectivity index is 1.24. The van der Waals surface area contributed by atoms with Crippen molar-refractivity contribution in [2.75, 3.05) is 26.2 Å². The molecule has 3 aromatic rings. The zero-order chi connectivity index (χ0) is 23.7. The fourth-order valence-corrected chi connectivity index (χ4v) is 4.90. The molecule has 34 heavy (non-hydrogen) atoms. The molecule has 1 fully saturated rings. The number of carbonyl (C=O) groups is 2. The number of rotatable bonds is 4. The fraction of sp³-hybridized carbons (Fsp3) is 0.333. The van der Waals surface area contributed by atoms with E-state index in [9.17, 15) is 9.59 Å². The van der Waals surface area contributed by atoms with Crippen molar-refractivity contribution >= 4 is 28.9 Å². The van der Waals surface area contributed by atoms with E-state index in [1.807, 2.05) is 40.1 Å². The molecule has 0 unspecified atom stereocenters. The predicted molar refractivity (Wildman–Crippen MR) is 132 cm³/mol. The van der Waals surface area contributed by atoms with Gasteiger partial charge in [0, 0.05) is 43.7 Å². The van der Waals surface area contributed by atoms with E-state index >= 15 is 0 Å². The summed E-state index contributed by atoms with van der Waals surface area (Å²) in [5.74, 6) is 0.743. The molecule has 1 saturated heterocycles. The Morgan fingerprint density at radius 2 is 2.00 bits per heavy atom. The third kappa shape index (κ3) is 4.38. The molecule has 0 aliphatic carbocycles. The summed E-state index contributed by atoms with van der Waals surface area (Å²) in [6.45, 7) is 6.88. The number of likely N-dealkylation sites (tertiary alicyclic amines) is 1. The van der Waals surface area contributed by atoms with Crippen LogP contribution < -0.4 is 0 Å². The average molecular weight is 456 g/mol. The lowest BCUT2D eigenvalue weighted by molar-refractivity contribution is -0.125. The molecule has 1 aromatic heterocycles. The van der Waals surface area contributed by atoms with Gasteiger partial charge in [-0.15, -0.1) is 5.10 Å². The van der Waals surface area contributed by atoms with E-state index in [2.05, 4.69) is 47.5 Å². The topological polar surface area (TPSA) is 82.2 Å². The molecule has 2 aliphatic rings. The van der Waals surface area contributed by atoms with Crippen LogP contribution in [-0.4, -0.2) is 63.2 Å². The van der Waals surface area contributed by atoms with Crippen LogP contribution in [0, 0.1) is 5.92 Å². The van der Waals surface area contributed by atoms with Crippen LogP contribution in [0.5, 0.6) is 0 Å². The van der Waals surface area contributed by atoms with Gasteiger partial charge in [0.25, 0.3) is 5.91 Å². The first-order valence-electron chi connectivity index (χ1n) is 11.8. The van der Waals surface area contributed by atoms with Crippen molar-refractivity contribution in [3.05, 3.63) is 76.9 Å². The second-order valence-corrected chi connectivity index (χ2v) is 9.40. The van der Waals surface area contributed by atoms with Gasteiger partial charge < -0.3 is 9.80 Å². The maximum absolute atomic E-state index is 13.1. The van der Waals surface area contributed by atoms with E-state index in [0.29, 0.717) is 49.1 Å². The Hall–Kier alpha value is -3.74. The van der Waals surface area contributed by atoms with Crippen LogP contribution in [0.2, 0.25) is 0 Å². The SMILES string of the molecule is CC(C)c1ccccc1C=CC(=O)N1CC=C2CN(C(=O)c3ccc4[nH]nnc4c3)C[C@H]2CC1. The van der Waals surface area contributed by atoms with E-state index in [1.54, 1.807) is 12.1 Å². The highest BCUT2D eigenvalue weighted by Gasteiger charge is 2.33. The van der Waals surface area contributed by atoms with E-state index in [1.165, 1.54) is 11.1 Å². The molecule has 1 atom stereocenters. The Kier molecular flexibility index (Phi) is 6.01. The number of hydrogen-bond donors (Lipinski definition) is 1. The van der Waals surface area contributed by atoms with Crippen LogP contribution in [0.3, 0.4) is 0 Å². The molecule has 3 heterocycles. The smallest absolute Gasteiger partial charge is 0.254 e. The first-order chi connectivity index (χ1) is 16.5. The number of fused-ring (bicyclic) bond motifs is 2. The van der Waals surface area contributed by atoms with E-state index in [0.717, 1.165) is 17.5 Å². The van der Waals surface area contributed by atoms with Crippen molar-refractivity contribution in [1.29, 1.82) is 0 Å². The van der Waals surface area contributed by atoms with Gasteiger partial charge in [-0.05, 0) is 53.3 Å². The third-order valence-corrected chi connectivity index (χ3v) is 6.86. The molecule has 7 nitrogen and oxygen atoms in total. The van der Waals surface area contributed by atoms with Crippen molar-refractivity contribution in [2.45, 2.75) is 26.2 Å². The minimum absolute atomic E-state index is 0.0126. The molecule has 174 valence electrons. The number of aromatic nitrogens is 3. The Bertz CT molecular complexity index is 1290. The number of H-pyrrole nitrogens is 1. The molecule has 7 heteroatoms. The first kappa shape index (κ1) is 22.1. The van der Waals surface area contributed by atoms with Crippen molar-refractivity contribution in [3.8, 4) is 0 Å². The van der Waals surface area contributed by atoms with Gasteiger partial charge in [-0.2, -0.15) is 0 Å². The van der Waals surface area contributed by atoms with Crippen LogP contribution in [-0.2, 0) is 4.79 Å². The first-order valence-corrected chi connectivity index (χ1v) is 11.8. The fourth-order valence-electron chi connectivity index (χ4n) is 4.90. The second kappa shape index (κ2) is 9.25. The summed E-state index contributed by atoms with van der Waals surface area (Å²) >= 11 is 0. The van der Waals surface area contributed by atoms with Crippen LogP contribution in [0.1, 0.15) is 47.7 Å². The summed E-state index contributed by atoms with van der Waals surface area (Å²) in [6.07, 6.45) is 6.62. The predicted octanol–water partition coefficient (Wildman–Crippen LogP) is 4.03. The number of carbonyl (C=O) groups excluding carboxylic acids is 2. The molecule has 0 radical (unpaired) electrons. The lowest BCUT2D eigenvalue weighted by Crippen LogP contribution is -2.32. The Labute approximate surface area is 199 Å². The highest BCUT2D eigenvalue weighted by Crippen LogP contribution is 2.29. The van der Waals surface area contributed by atoms with E-state index in [4.69, 9.17) is 0 Å². The van der Waals surface area contributed by atoms with Crippen molar-refractivity contribution < 1.29 is 9.59 Å². The average Bonchev–Trinajstić information content (AvgIpc) is 3.44. The summed E-state index contributed by atoms with van der Waals surface area (Å²) in [6, 6.07) is 13.7. The largest absolute Gasteiger partial charge is 0.335 e. The Morgan fingerprint density at radius 1 is 1.15 bits per heavy atom. The third-order valence-electron chi connectivity index (χ3n) is 6.86. The van der Waals surface area contributed by atoms with Crippen molar-refractivity contribution in [1.82, 2.24) is 25.2 Å². The highest BCUT2D eigenvalue weighted by atomic mass is 16.2. The van der Waals surface area contributed by atoms with Crippen LogP contribution in [0.4, 0.5) is 0 Å². The van der Waals surface area contributed by atoms with Crippen LogP contribution in [0.15, 0.2) is 60.2 Å². The van der Waals surface area contributed by atoms with Crippen molar-refractivity contribution in [2.24, 2.45) is 5.92 Å². The molecule has 5 rings (SSSR count). The number of nitrogens with zero attached hydrogens (tertiary/aromatic N) is 4. The summed E-state index contributed by atoms with van der Waals surface area (Å²) in [5.41, 5.74) is 5.72. The lowest BCUT2D eigenvalue weighted by atomic mass is 9.97. The zero-order valence-electron chi connectivity index (χ0n) is 19.6. The van der Waals surface area contributed by atoms with Crippen molar-refractivity contribution in [3.63, 3.8) is 0 Å². The van der Waals surface area contributed by atoms with Gasteiger partial charge in [-0.3, -0.25) is 14.7 Å². The van der Waals surface area contributed by atoms with Crippen LogP contribution >= 0.6 is 0 Å². The molecule has 2 aromatic carbocycles. The lowest BCUT2D eigenvalue weighted by Gasteiger charge is -2.20. The Morgan fingerprint density at radius 3 is 2.85 bits per heavy atom. The van der Waals surface area contributed by atoms with Gasteiger partial charge in [0.05, 0.1) is 5.52 Å². The molecule has 0 saturated carbocycles. The molecule has 0 bridgehead atoms. The number of aromatic amines is 1. The molecular weight excluding hydrogens is 426 g/mol. The minimum Gasteiger partial charge on any atom is -0.335 e. The van der Waals surface area contributed by atoms with Gasteiger partial charge >= 0.3 is 0 Å². The maximum atomic E-state index is 13.1. The summed E-state index contributed by atoms with van der Waals surface area (Å²) < 4.78 is 0. The number of nitrogens with one attached hydrogen (secondary N) is 1. The van der Waals surface area contributed by atoms with Gasteiger partial charge in [-0.1, -0.05) is 49.4 Å². The molecule has 1 N–H and O–H groups in total. The van der Waals surface area contributed by atoms with Crippen LogP contribution in [0.25, 0.3) is 17.1 Å². The zero-order valence-corrected chi connectivity index (χ0v) is 19.6. The maximum Gasteiger partial charge on any atom is 0.254 e. The standard InChI is InChI=1S/C27H29N5O2/c1-18(2)23-6-4-3-5-19(23)8-10-26(33)31-13-11-21-16-32(17-22(21)12-14-31)27(34)20-7-9-24-25(15-20)29-30-28-24/h3-11,15,18,22H,12-14,16-17H2,1-2H3,(H,28,29,30)/t22-/m1/s1. The highest BCUT2D eigenvalue weighted by molar-refractivity contribution is 5.97. The van der Waals surface area contributed by atoms with Gasteiger partial charge in [-0.25, -0.2) is 0 Å². The normalized spacial score (nSPS) is 18.4. The van der Waals surface area contributed by atoms with E-state index in [-0.39, 0.29) is 11.8 Å². The second-order valence-electron chi connectivity index (χ2n) is 9.40. The molecular formula is C27H29N5O2. The molecule has 2 amide bonds. The summed E-state index contributed by atoms with van der Waals surface area (Å²) in [4.78, 5) is 29.8. The number of hydrogen-bond acceptors (Lipinski definition) is 4. The van der Waals surface area contributed by atoms with E-state index < -0.39 is 0 Å². The van der Waals surface area contributed by atoms with Gasteiger partial charge in [0.15, 0.2) is 0 Å². The molecule has 0 spiro atoms. The monoisotopic (exact) mass is 455 g/mol. The number of amides is 2. The van der Waals surface area contributed by atoms with Gasteiger partial charge in [0.2, 0.25) is 5.91 Å².